The molecule has 2 fully saturated rings. The van der Waals surface area contributed by atoms with Crippen molar-refractivity contribution in [3.63, 3.8) is 0 Å². The van der Waals surface area contributed by atoms with Crippen molar-refractivity contribution in [3.8, 4) is 0 Å². The maximum Gasteiger partial charge on any atom is 0.312 e. The van der Waals surface area contributed by atoms with Gasteiger partial charge in [0.15, 0.2) is 9.84 Å². The largest absolute Gasteiger partial charge is 0.383 e. The number of sulfone groups is 1. The van der Waals surface area contributed by atoms with Crippen molar-refractivity contribution in [2.45, 2.75) is 32.7 Å². The van der Waals surface area contributed by atoms with Gasteiger partial charge in [-0.2, -0.15) is 0 Å². The SMILES string of the molecule is COCCN(C(=O)C(=O)N1CC(C)CC(C)C1)C1CCS(=O)(=O)C1. The van der Waals surface area contributed by atoms with E-state index in [0.29, 0.717) is 31.3 Å². The lowest BCUT2D eigenvalue weighted by molar-refractivity contribution is -0.154. The summed E-state index contributed by atoms with van der Waals surface area (Å²) in [6.45, 7) is 5.83. The average Bonchev–Trinajstić information content (AvgIpc) is 2.85. The van der Waals surface area contributed by atoms with Gasteiger partial charge in [0.05, 0.1) is 18.1 Å². The first-order chi connectivity index (χ1) is 11.2. The lowest BCUT2D eigenvalue weighted by Gasteiger charge is -2.36. The molecule has 0 aliphatic carbocycles. The van der Waals surface area contributed by atoms with Crippen molar-refractivity contribution >= 4 is 21.7 Å². The van der Waals surface area contributed by atoms with Crippen molar-refractivity contribution in [3.05, 3.63) is 0 Å². The molecule has 0 radical (unpaired) electrons. The Balaban J connectivity index is 2.10. The molecule has 3 unspecified atom stereocenters. The fraction of sp³-hybridized carbons (Fsp3) is 0.875. The topological polar surface area (TPSA) is 84.0 Å². The highest BCUT2D eigenvalue weighted by Crippen LogP contribution is 2.23. The van der Waals surface area contributed by atoms with Crippen molar-refractivity contribution in [2.24, 2.45) is 11.8 Å². The summed E-state index contributed by atoms with van der Waals surface area (Å²) in [5.74, 6) is -0.387. The maximum absolute atomic E-state index is 12.7. The zero-order chi connectivity index (χ0) is 17.9. The van der Waals surface area contributed by atoms with Crippen molar-refractivity contribution in [2.75, 3.05) is 44.9 Å². The summed E-state index contributed by atoms with van der Waals surface area (Å²) in [7, 11) is -1.61. The summed E-state index contributed by atoms with van der Waals surface area (Å²) in [4.78, 5) is 28.4. The standard InChI is InChI=1S/C16H28N2O5S/c1-12-8-13(2)10-17(9-12)15(19)16(20)18(5-6-23-3)14-4-7-24(21,22)11-14/h12-14H,4-11H2,1-3H3. The number of amides is 2. The van der Waals surface area contributed by atoms with Gasteiger partial charge in [0.25, 0.3) is 0 Å². The highest BCUT2D eigenvalue weighted by molar-refractivity contribution is 7.91. The molecule has 0 saturated carbocycles. The molecule has 2 amide bonds. The number of ether oxygens (including phenoxy) is 1. The van der Waals surface area contributed by atoms with Gasteiger partial charge >= 0.3 is 11.8 Å². The van der Waals surface area contributed by atoms with E-state index >= 15 is 0 Å². The van der Waals surface area contributed by atoms with Gasteiger partial charge in [0, 0.05) is 32.8 Å². The number of carbonyl (C=O) groups excluding carboxylic acids is 2. The first-order valence-corrected chi connectivity index (χ1v) is 10.3. The Morgan fingerprint density at radius 3 is 2.33 bits per heavy atom. The summed E-state index contributed by atoms with van der Waals surface area (Å²) in [5.41, 5.74) is 0. The molecule has 2 heterocycles. The second-order valence-electron chi connectivity index (χ2n) is 7.20. The molecule has 8 heteroatoms. The number of hydrogen-bond acceptors (Lipinski definition) is 5. The number of hydrogen-bond donors (Lipinski definition) is 0. The van der Waals surface area contributed by atoms with Crippen LogP contribution in [0.5, 0.6) is 0 Å². The zero-order valence-electron chi connectivity index (χ0n) is 14.7. The Hall–Kier alpha value is -1.15. The van der Waals surface area contributed by atoms with Gasteiger partial charge in [-0.25, -0.2) is 8.42 Å². The van der Waals surface area contributed by atoms with E-state index in [1.165, 1.54) is 12.0 Å². The van der Waals surface area contributed by atoms with Crippen LogP contribution < -0.4 is 0 Å². The predicted molar refractivity (Wildman–Crippen MR) is 90.2 cm³/mol. The Morgan fingerprint density at radius 2 is 1.83 bits per heavy atom. The molecule has 7 nitrogen and oxygen atoms in total. The number of rotatable bonds is 4. The Morgan fingerprint density at radius 1 is 1.21 bits per heavy atom. The van der Waals surface area contributed by atoms with Crippen LogP contribution in [0.15, 0.2) is 0 Å². The molecule has 0 aromatic carbocycles. The molecular formula is C16H28N2O5S. The van der Waals surface area contributed by atoms with Gasteiger partial charge in [-0.1, -0.05) is 13.8 Å². The van der Waals surface area contributed by atoms with Gasteiger partial charge < -0.3 is 14.5 Å². The van der Waals surface area contributed by atoms with Gasteiger partial charge in [0.2, 0.25) is 0 Å². The van der Waals surface area contributed by atoms with Crippen LogP contribution in [0.1, 0.15) is 26.7 Å². The van der Waals surface area contributed by atoms with E-state index < -0.39 is 27.7 Å². The summed E-state index contributed by atoms with van der Waals surface area (Å²) in [6.07, 6.45) is 1.43. The van der Waals surface area contributed by atoms with E-state index in [2.05, 4.69) is 13.8 Å². The molecule has 2 rings (SSSR count). The van der Waals surface area contributed by atoms with Crippen LogP contribution in [-0.2, 0) is 24.2 Å². The summed E-state index contributed by atoms with van der Waals surface area (Å²) in [5, 5.41) is 0. The molecule has 0 spiro atoms. The monoisotopic (exact) mass is 360 g/mol. The van der Waals surface area contributed by atoms with Crippen LogP contribution in [0, 0.1) is 11.8 Å². The van der Waals surface area contributed by atoms with Crippen molar-refractivity contribution in [1.29, 1.82) is 0 Å². The minimum absolute atomic E-state index is 0.0669. The van der Waals surface area contributed by atoms with Crippen molar-refractivity contribution < 1.29 is 22.7 Å². The normalized spacial score (nSPS) is 29.5. The third kappa shape index (κ3) is 4.69. The third-order valence-corrected chi connectivity index (χ3v) is 6.54. The van der Waals surface area contributed by atoms with Gasteiger partial charge in [-0.15, -0.1) is 0 Å². The summed E-state index contributed by atoms with van der Waals surface area (Å²) >= 11 is 0. The molecule has 138 valence electrons. The highest BCUT2D eigenvalue weighted by Gasteiger charge is 2.39. The first kappa shape index (κ1) is 19.2. The molecular weight excluding hydrogens is 332 g/mol. The second-order valence-corrected chi connectivity index (χ2v) is 9.43. The smallest absolute Gasteiger partial charge is 0.312 e. The molecule has 2 aliphatic rings. The van der Waals surface area contributed by atoms with E-state index in [1.807, 2.05) is 0 Å². The van der Waals surface area contributed by atoms with Crippen LogP contribution in [0.3, 0.4) is 0 Å². The Labute approximate surface area is 144 Å². The van der Waals surface area contributed by atoms with E-state index in [9.17, 15) is 18.0 Å². The van der Waals surface area contributed by atoms with E-state index in [1.54, 1.807) is 4.90 Å². The van der Waals surface area contributed by atoms with E-state index in [0.717, 1.165) is 6.42 Å². The minimum Gasteiger partial charge on any atom is -0.383 e. The van der Waals surface area contributed by atoms with Crippen molar-refractivity contribution in [1.82, 2.24) is 9.80 Å². The average molecular weight is 360 g/mol. The summed E-state index contributed by atoms with van der Waals surface area (Å²) < 4.78 is 28.5. The fourth-order valence-corrected chi connectivity index (χ4v) is 5.48. The summed E-state index contributed by atoms with van der Waals surface area (Å²) in [6, 6.07) is -0.429. The number of methoxy groups -OCH3 is 1. The minimum atomic E-state index is -3.13. The molecule has 24 heavy (non-hydrogen) atoms. The quantitative estimate of drug-likeness (QED) is 0.667. The molecule has 0 aromatic heterocycles. The number of likely N-dealkylation sites (tertiary alicyclic amines) is 1. The van der Waals surface area contributed by atoms with Crippen LogP contribution in [0.4, 0.5) is 0 Å². The maximum atomic E-state index is 12.7. The third-order valence-electron chi connectivity index (χ3n) is 4.79. The lowest BCUT2D eigenvalue weighted by atomic mass is 9.92. The Kier molecular flexibility index (Phi) is 6.25. The highest BCUT2D eigenvalue weighted by atomic mass is 32.2. The van der Waals surface area contributed by atoms with Gasteiger partial charge in [-0.3, -0.25) is 9.59 Å². The zero-order valence-corrected chi connectivity index (χ0v) is 15.5. The lowest BCUT2D eigenvalue weighted by Crippen LogP contribution is -2.53. The molecule has 2 aliphatic heterocycles. The van der Waals surface area contributed by atoms with Crippen LogP contribution in [-0.4, -0.2) is 80.9 Å². The van der Waals surface area contributed by atoms with Crippen LogP contribution in [0.2, 0.25) is 0 Å². The van der Waals surface area contributed by atoms with E-state index in [4.69, 9.17) is 4.74 Å². The second kappa shape index (κ2) is 7.82. The molecule has 0 N–H and O–H groups in total. The predicted octanol–water partition coefficient (Wildman–Crippen LogP) is 0.153. The fourth-order valence-electron chi connectivity index (χ4n) is 3.75. The Bertz CT molecular complexity index is 567. The molecule has 3 atom stereocenters. The van der Waals surface area contributed by atoms with E-state index in [-0.39, 0.29) is 24.7 Å². The van der Waals surface area contributed by atoms with Crippen LogP contribution in [0.25, 0.3) is 0 Å². The molecule has 0 aromatic rings. The molecule has 2 saturated heterocycles. The van der Waals surface area contributed by atoms with Crippen LogP contribution >= 0.6 is 0 Å². The van der Waals surface area contributed by atoms with Gasteiger partial charge in [0.1, 0.15) is 0 Å². The van der Waals surface area contributed by atoms with Gasteiger partial charge in [-0.05, 0) is 24.7 Å². The number of piperidine rings is 1. The first-order valence-electron chi connectivity index (χ1n) is 8.52. The number of nitrogens with zero attached hydrogens (tertiary/aromatic N) is 2. The molecule has 0 bridgehead atoms. The number of carbonyl (C=O) groups is 2.